The molecule has 1 heteroatoms. The third-order valence-corrected chi connectivity index (χ3v) is 3.23. The van der Waals surface area contributed by atoms with Crippen LogP contribution in [0.2, 0.25) is 0 Å². The van der Waals surface area contributed by atoms with Crippen LogP contribution in [0.5, 0.6) is 0 Å². The molecule has 0 aliphatic carbocycles. The molecule has 0 N–H and O–H groups in total. The fourth-order valence-corrected chi connectivity index (χ4v) is 2.02. The van der Waals surface area contributed by atoms with E-state index in [2.05, 4.69) is 53.2 Å². The van der Waals surface area contributed by atoms with Gasteiger partial charge in [0.15, 0.2) is 0 Å². The molecule has 96 valence electrons. The predicted octanol–water partition coefficient (Wildman–Crippen LogP) is 5.35. The predicted molar refractivity (Wildman–Crippen MR) is 86.3 cm³/mol. The van der Waals surface area contributed by atoms with Crippen molar-refractivity contribution in [3.8, 4) is 23.7 Å². The van der Waals surface area contributed by atoms with E-state index < -0.39 is 0 Å². The molecule has 0 aliphatic rings. The molecule has 0 saturated carbocycles. The van der Waals surface area contributed by atoms with E-state index in [1.807, 2.05) is 0 Å². The first-order valence-corrected chi connectivity index (χ1v) is 8.41. The summed E-state index contributed by atoms with van der Waals surface area (Å²) >= 11 is 2.44. The van der Waals surface area contributed by atoms with Crippen molar-refractivity contribution in [2.24, 2.45) is 0 Å². The Morgan fingerprint density at radius 1 is 0.647 bits per heavy atom. The Hall–Kier alpha value is -0.150. The van der Waals surface area contributed by atoms with Crippen LogP contribution in [0.3, 0.4) is 0 Å². The molecule has 0 spiro atoms. The lowest BCUT2D eigenvalue weighted by Crippen LogP contribution is -1.77. The van der Waals surface area contributed by atoms with E-state index in [1.54, 1.807) is 0 Å². The minimum Gasteiger partial charge on any atom is -0.104 e. The van der Waals surface area contributed by atoms with Crippen LogP contribution in [-0.2, 0) is 0 Å². The summed E-state index contributed by atoms with van der Waals surface area (Å²) in [6.45, 7) is 2.10. The maximum atomic E-state index is 3.28. The fraction of sp³-hybridized carbons (Fsp3) is 0.750. The van der Waals surface area contributed by atoms with Crippen LogP contribution in [-0.4, -0.2) is 4.43 Å². The van der Waals surface area contributed by atoms with Gasteiger partial charge in [-0.05, 0) is 30.1 Å². The SMILES string of the molecule is CCC#CCCCCCC#CCCCCCI. The van der Waals surface area contributed by atoms with Gasteiger partial charge in [0.25, 0.3) is 0 Å². The van der Waals surface area contributed by atoms with Gasteiger partial charge in [0.2, 0.25) is 0 Å². The zero-order valence-corrected chi connectivity index (χ0v) is 13.3. The maximum Gasteiger partial charge on any atom is 0.00886 e. The van der Waals surface area contributed by atoms with E-state index in [1.165, 1.54) is 43.0 Å². The van der Waals surface area contributed by atoms with Crippen molar-refractivity contribution in [3.05, 3.63) is 0 Å². The van der Waals surface area contributed by atoms with Crippen LogP contribution in [0, 0.1) is 23.7 Å². The van der Waals surface area contributed by atoms with E-state index in [0.717, 1.165) is 25.7 Å². The van der Waals surface area contributed by atoms with Crippen LogP contribution >= 0.6 is 22.6 Å². The smallest absolute Gasteiger partial charge is 0.00886 e. The lowest BCUT2D eigenvalue weighted by atomic mass is 10.1. The van der Waals surface area contributed by atoms with E-state index >= 15 is 0 Å². The first kappa shape index (κ1) is 16.9. The van der Waals surface area contributed by atoms with Gasteiger partial charge in [-0.2, -0.15) is 0 Å². The second-order valence-electron chi connectivity index (χ2n) is 4.12. The summed E-state index contributed by atoms with van der Waals surface area (Å²) in [7, 11) is 0. The van der Waals surface area contributed by atoms with Crippen molar-refractivity contribution in [2.45, 2.75) is 71.1 Å². The third-order valence-electron chi connectivity index (χ3n) is 2.47. The molecule has 17 heavy (non-hydrogen) atoms. The van der Waals surface area contributed by atoms with Gasteiger partial charge in [-0.1, -0.05) is 42.4 Å². The normalized spacial score (nSPS) is 9.06. The monoisotopic (exact) mass is 344 g/mol. The number of unbranched alkanes of at least 4 members (excludes halogenated alkanes) is 7. The Balaban J connectivity index is 3.14. The Morgan fingerprint density at radius 2 is 1.12 bits per heavy atom. The van der Waals surface area contributed by atoms with Crippen LogP contribution in [0.4, 0.5) is 0 Å². The van der Waals surface area contributed by atoms with E-state index in [-0.39, 0.29) is 0 Å². The Bertz CT molecular complexity index is 259. The lowest BCUT2D eigenvalue weighted by Gasteiger charge is -1.93. The van der Waals surface area contributed by atoms with Gasteiger partial charge in [-0.25, -0.2) is 0 Å². The molecule has 0 saturated heterocycles. The molecule has 0 unspecified atom stereocenters. The van der Waals surface area contributed by atoms with Gasteiger partial charge in [-0.15, -0.1) is 23.7 Å². The number of rotatable bonds is 8. The van der Waals surface area contributed by atoms with Crippen LogP contribution < -0.4 is 0 Å². The summed E-state index contributed by atoms with van der Waals surface area (Å²) in [6.07, 6.45) is 12.0. The standard InChI is InChI=1S/C16H25I/c1-2-3-4-5-6-7-8-9-10-11-12-13-14-15-16-17/h2,5-9,12-16H2,1H3. The van der Waals surface area contributed by atoms with Crippen molar-refractivity contribution in [1.82, 2.24) is 0 Å². The molecule has 0 nitrogen and oxygen atoms in total. The summed E-state index contributed by atoms with van der Waals surface area (Å²) in [5.74, 6) is 12.8. The highest BCUT2D eigenvalue weighted by atomic mass is 127. The summed E-state index contributed by atoms with van der Waals surface area (Å²) in [5.41, 5.74) is 0. The molecule has 0 aliphatic heterocycles. The average Bonchev–Trinajstić information content (AvgIpc) is 2.35. The molecule has 0 fully saturated rings. The van der Waals surface area contributed by atoms with Gasteiger partial charge in [0.05, 0.1) is 0 Å². The van der Waals surface area contributed by atoms with E-state index in [4.69, 9.17) is 0 Å². The highest BCUT2D eigenvalue weighted by Crippen LogP contribution is 2.03. The van der Waals surface area contributed by atoms with Crippen molar-refractivity contribution >= 4 is 22.6 Å². The van der Waals surface area contributed by atoms with Gasteiger partial charge in [0, 0.05) is 25.7 Å². The van der Waals surface area contributed by atoms with Gasteiger partial charge in [-0.3, -0.25) is 0 Å². The topological polar surface area (TPSA) is 0 Å². The average molecular weight is 344 g/mol. The molecular weight excluding hydrogens is 319 g/mol. The van der Waals surface area contributed by atoms with E-state index in [9.17, 15) is 0 Å². The fourth-order valence-electron chi connectivity index (χ4n) is 1.48. The minimum absolute atomic E-state index is 0.989. The highest BCUT2D eigenvalue weighted by molar-refractivity contribution is 14.1. The molecule has 0 heterocycles. The maximum absolute atomic E-state index is 3.28. The van der Waals surface area contributed by atoms with Crippen LogP contribution in [0.25, 0.3) is 0 Å². The zero-order chi connectivity index (χ0) is 12.6. The number of hydrogen-bond donors (Lipinski definition) is 0. The van der Waals surface area contributed by atoms with Crippen molar-refractivity contribution in [2.75, 3.05) is 4.43 Å². The molecule has 0 rings (SSSR count). The molecule has 0 aromatic rings. The van der Waals surface area contributed by atoms with Crippen molar-refractivity contribution in [1.29, 1.82) is 0 Å². The summed E-state index contributed by atoms with van der Waals surface area (Å²) < 4.78 is 1.28. The van der Waals surface area contributed by atoms with Crippen molar-refractivity contribution < 1.29 is 0 Å². The van der Waals surface area contributed by atoms with E-state index in [0.29, 0.717) is 0 Å². The van der Waals surface area contributed by atoms with Crippen LogP contribution in [0.15, 0.2) is 0 Å². The molecule has 0 radical (unpaired) electrons. The second kappa shape index (κ2) is 15.9. The summed E-state index contributed by atoms with van der Waals surface area (Å²) in [5, 5.41) is 0. The summed E-state index contributed by atoms with van der Waals surface area (Å²) in [4.78, 5) is 0. The Labute approximate surface area is 121 Å². The molecule has 0 aromatic carbocycles. The molecule has 0 aromatic heterocycles. The number of halogens is 1. The number of hydrogen-bond acceptors (Lipinski definition) is 0. The lowest BCUT2D eigenvalue weighted by molar-refractivity contribution is 0.707. The third kappa shape index (κ3) is 15.9. The zero-order valence-electron chi connectivity index (χ0n) is 11.2. The molecule has 0 bridgehead atoms. The van der Waals surface area contributed by atoms with Gasteiger partial charge in [0.1, 0.15) is 0 Å². The minimum atomic E-state index is 0.989. The molecule has 0 amide bonds. The van der Waals surface area contributed by atoms with Gasteiger partial charge >= 0.3 is 0 Å². The van der Waals surface area contributed by atoms with Crippen molar-refractivity contribution in [3.63, 3.8) is 0 Å². The Kier molecular flexibility index (Phi) is 15.7. The van der Waals surface area contributed by atoms with Gasteiger partial charge < -0.3 is 0 Å². The van der Waals surface area contributed by atoms with Crippen LogP contribution in [0.1, 0.15) is 71.1 Å². The molecular formula is C16H25I. The first-order valence-electron chi connectivity index (χ1n) is 6.89. The largest absolute Gasteiger partial charge is 0.104 e. The quantitative estimate of drug-likeness (QED) is 0.241. The number of alkyl halides is 1. The Morgan fingerprint density at radius 3 is 1.59 bits per heavy atom. The second-order valence-corrected chi connectivity index (χ2v) is 5.20. The molecule has 0 atom stereocenters. The summed E-state index contributed by atoms with van der Waals surface area (Å²) in [6, 6.07) is 0. The first-order chi connectivity index (χ1) is 8.41. The highest BCUT2D eigenvalue weighted by Gasteiger charge is 1.86.